The van der Waals surface area contributed by atoms with Gasteiger partial charge in [-0.1, -0.05) is 48.7 Å². The standard InChI is InChI=1S/C8H12Cl4N2/c1-3-5(9)6(10)8(12,14)4(2)7(3,11)13/h3-4H,13-14H2,1-2H3. The van der Waals surface area contributed by atoms with Gasteiger partial charge in [0.2, 0.25) is 0 Å². The van der Waals surface area contributed by atoms with E-state index in [1.807, 2.05) is 0 Å². The molecule has 0 aliphatic heterocycles. The number of rotatable bonds is 0. The van der Waals surface area contributed by atoms with Gasteiger partial charge in [0.1, 0.15) is 10.00 Å². The van der Waals surface area contributed by atoms with Crippen molar-refractivity contribution < 1.29 is 0 Å². The molecule has 0 aromatic heterocycles. The third-order valence-electron chi connectivity index (χ3n) is 2.88. The first-order valence-corrected chi connectivity index (χ1v) is 5.65. The van der Waals surface area contributed by atoms with Gasteiger partial charge in [0.15, 0.2) is 0 Å². The van der Waals surface area contributed by atoms with Gasteiger partial charge < -0.3 is 11.5 Å². The average Bonchev–Trinajstić information content (AvgIpc) is 2.11. The molecule has 1 aliphatic rings. The van der Waals surface area contributed by atoms with E-state index in [0.29, 0.717) is 5.03 Å². The molecular formula is C8H12Cl4N2. The van der Waals surface area contributed by atoms with Crippen LogP contribution in [0, 0.1) is 11.8 Å². The lowest BCUT2D eigenvalue weighted by atomic mass is 9.79. The van der Waals surface area contributed by atoms with Crippen LogP contribution in [0.4, 0.5) is 0 Å². The Balaban J connectivity index is 3.31. The number of halogens is 4. The normalized spacial score (nSPS) is 49.7. The van der Waals surface area contributed by atoms with Gasteiger partial charge in [0, 0.05) is 16.9 Å². The van der Waals surface area contributed by atoms with Gasteiger partial charge in [0.25, 0.3) is 0 Å². The topological polar surface area (TPSA) is 52.0 Å². The van der Waals surface area contributed by atoms with E-state index in [-0.39, 0.29) is 16.9 Å². The van der Waals surface area contributed by atoms with Crippen LogP contribution in [0.3, 0.4) is 0 Å². The smallest absolute Gasteiger partial charge is 0.134 e. The van der Waals surface area contributed by atoms with Gasteiger partial charge in [-0.2, -0.15) is 0 Å². The van der Waals surface area contributed by atoms with Crippen LogP contribution in [0.15, 0.2) is 10.1 Å². The summed E-state index contributed by atoms with van der Waals surface area (Å²) < 4.78 is 0. The Labute approximate surface area is 103 Å². The first-order chi connectivity index (χ1) is 6.13. The molecule has 14 heavy (non-hydrogen) atoms. The summed E-state index contributed by atoms with van der Waals surface area (Å²) in [5, 5.41) is 0.558. The molecule has 0 fully saturated rings. The summed E-state index contributed by atoms with van der Waals surface area (Å²) in [5.41, 5.74) is 11.7. The van der Waals surface area contributed by atoms with E-state index in [9.17, 15) is 0 Å². The fourth-order valence-corrected chi connectivity index (χ4v) is 2.84. The molecule has 1 rings (SSSR count). The van der Waals surface area contributed by atoms with E-state index in [1.165, 1.54) is 0 Å². The Kier molecular flexibility index (Phi) is 3.39. The molecule has 0 spiro atoms. The van der Waals surface area contributed by atoms with E-state index in [2.05, 4.69) is 0 Å². The highest BCUT2D eigenvalue weighted by Gasteiger charge is 2.53. The minimum absolute atomic E-state index is 0.225. The van der Waals surface area contributed by atoms with Gasteiger partial charge in [-0.15, -0.1) is 11.6 Å². The maximum absolute atomic E-state index is 6.15. The molecule has 4 N–H and O–H groups in total. The Morgan fingerprint density at radius 3 is 2.00 bits per heavy atom. The summed E-state index contributed by atoms with van der Waals surface area (Å²) in [5.74, 6) is -0.660. The highest BCUT2D eigenvalue weighted by atomic mass is 35.5. The molecule has 1 aliphatic carbocycles. The van der Waals surface area contributed by atoms with Crippen molar-refractivity contribution in [3.63, 3.8) is 0 Å². The van der Waals surface area contributed by atoms with Crippen LogP contribution in [0.25, 0.3) is 0 Å². The maximum atomic E-state index is 6.15. The quantitative estimate of drug-likeness (QED) is 0.528. The van der Waals surface area contributed by atoms with E-state index in [0.717, 1.165) is 0 Å². The third kappa shape index (κ3) is 1.66. The Bertz CT molecular complexity index is 285. The molecule has 0 saturated carbocycles. The first kappa shape index (κ1) is 12.9. The predicted molar refractivity (Wildman–Crippen MR) is 62.6 cm³/mol. The number of hydrogen-bond acceptors (Lipinski definition) is 2. The second-order valence-corrected chi connectivity index (χ2v) is 5.77. The van der Waals surface area contributed by atoms with E-state index in [4.69, 9.17) is 57.9 Å². The van der Waals surface area contributed by atoms with Gasteiger partial charge >= 0.3 is 0 Å². The van der Waals surface area contributed by atoms with Crippen molar-refractivity contribution in [2.75, 3.05) is 0 Å². The molecule has 4 atom stereocenters. The second-order valence-electron chi connectivity index (χ2n) is 3.70. The zero-order chi connectivity index (χ0) is 11.3. The fourth-order valence-electron chi connectivity index (χ4n) is 1.45. The fraction of sp³-hybridized carbons (Fsp3) is 0.750. The molecule has 0 aromatic rings. The zero-order valence-electron chi connectivity index (χ0n) is 7.82. The lowest BCUT2D eigenvalue weighted by Gasteiger charge is -2.46. The predicted octanol–water partition coefficient (Wildman–Crippen LogP) is 2.75. The van der Waals surface area contributed by atoms with Crippen molar-refractivity contribution in [1.29, 1.82) is 0 Å². The highest BCUT2D eigenvalue weighted by molar-refractivity contribution is 6.46. The van der Waals surface area contributed by atoms with Crippen LogP contribution in [-0.2, 0) is 0 Å². The summed E-state index contributed by atoms with van der Waals surface area (Å²) in [6.45, 7) is 3.54. The summed E-state index contributed by atoms with van der Waals surface area (Å²) in [6, 6.07) is 0. The molecular weight excluding hydrogens is 266 g/mol. The second kappa shape index (κ2) is 3.69. The van der Waals surface area contributed by atoms with E-state index >= 15 is 0 Å². The maximum Gasteiger partial charge on any atom is 0.134 e. The van der Waals surface area contributed by atoms with Gasteiger partial charge in [-0.25, -0.2) is 0 Å². The number of alkyl halides is 2. The summed E-state index contributed by atoms with van der Waals surface area (Å²) in [7, 11) is 0. The van der Waals surface area contributed by atoms with Crippen LogP contribution in [-0.4, -0.2) is 10.00 Å². The Morgan fingerprint density at radius 1 is 1.14 bits per heavy atom. The molecule has 2 nitrogen and oxygen atoms in total. The minimum Gasteiger partial charge on any atom is -0.312 e. The van der Waals surface area contributed by atoms with E-state index in [1.54, 1.807) is 13.8 Å². The van der Waals surface area contributed by atoms with Crippen molar-refractivity contribution in [1.82, 2.24) is 0 Å². The van der Waals surface area contributed by atoms with Crippen molar-refractivity contribution >= 4 is 46.4 Å². The van der Waals surface area contributed by atoms with E-state index < -0.39 is 10.00 Å². The van der Waals surface area contributed by atoms with Crippen molar-refractivity contribution in [3.8, 4) is 0 Å². The third-order valence-corrected chi connectivity index (χ3v) is 5.28. The minimum atomic E-state index is -1.29. The number of hydrogen-bond donors (Lipinski definition) is 2. The molecule has 6 heteroatoms. The summed E-state index contributed by atoms with van der Waals surface area (Å²) >= 11 is 24.1. The molecule has 0 aromatic carbocycles. The molecule has 0 heterocycles. The van der Waals surface area contributed by atoms with Crippen LogP contribution >= 0.6 is 46.4 Å². The molecule has 0 saturated heterocycles. The van der Waals surface area contributed by atoms with Crippen LogP contribution in [0.1, 0.15) is 13.8 Å². The largest absolute Gasteiger partial charge is 0.312 e. The van der Waals surface area contributed by atoms with Crippen LogP contribution in [0.5, 0.6) is 0 Å². The van der Waals surface area contributed by atoms with Crippen LogP contribution in [0.2, 0.25) is 0 Å². The molecule has 4 unspecified atom stereocenters. The molecule has 82 valence electrons. The van der Waals surface area contributed by atoms with Crippen molar-refractivity contribution in [3.05, 3.63) is 10.1 Å². The summed E-state index contributed by atoms with van der Waals surface area (Å²) in [6.07, 6.45) is 0. The molecule has 0 radical (unpaired) electrons. The van der Waals surface area contributed by atoms with Crippen molar-refractivity contribution in [2.24, 2.45) is 23.3 Å². The average molecular weight is 278 g/mol. The number of nitrogens with two attached hydrogens (primary N) is 2. The van der Waals surface area contributed by atoms with Crippen LogP contribution < -0.4 is 11.5 Å². The SMILES string of the molecule is CC1C(Cl)=C(Cl)C(N)(Cl)C(C)C1(N)Cl. The van der Waals surface area contributed by atoms with Gasteiger partial charge in [0.05, 0.1) is 5.03 Å². The van der Waals surface area contributed by atoms with Gasteiger partial charge in [-0.3, -0.25) is 0 Å². The highest BCUT2D eigenvalue weighted by Crippen LogP contribution is 2.50. The Hall–Kier alpha value is 0.820. The van der Waals surface area contributed by atoms with Crippen molar-refractivity contribution in [2.45, 2.75) is 23.8 Å². The lowest BCUT2D eigenvalue weighted by Crippen LogP contribution is -2.61. The molecule has 0 bridgehead atoms. The zero-order valence-corrected chi connectivity index (χ0v) is 10.8. The van der Waals surface area contributed by atoms with Gasteiger partial charge in [-0.05, 0) is 0 Å². The summed E-state index contributed by atoms with van der Waals surface area (Å²) in [4.78, 5) is -2.37. The monoisotopic (exact) mass is 276 g/mol. The Morgan fingerprint density at radius 2 is 1.57 bits per heavy atom. The first-order valence-electron chi connectivity index (χ1n) is 4.14. The molecule has 0 amide bonds. The lowest BCUT2D eigenvalue weighted by molar-refractivity contribution is 0.267.